The van der Waals surface area contributed by atoms with Crippen LogP contribution in [0.3, 0.4) is 0 Å². The second-order valence-electron chi connectivity index (χ2n) is 4.87. The maximum Gasteiger partial charge on any atom is 0.132 e. The molecule has 0 aliphatic carbocycles. The number of carbonyl (C=O) groups is 1. The Bertz CT molecular complexity index is 606. The molecule has 2 heteroatoms. The van der Waals surface area contributed by atoms with Gasteiger partial charge in [-0.25, -0.2) is 0 Å². The lowest BCUT2D eigenvalue weighted by Crippen LogP contribution is -1.95. The van der Waals surface area contributed by atoms with Gasteiger partial charge in [-0.05, 0) is 39.9 Å². The van der Waals surface area contributed by atoms with Crippen LogP contribution in [0.1, 0.15) is 37.3 Å². The second-order valence-corrected chi connectivity index (χ2v) is 5.65. The minimum atomic E-state index is 0.322. The summed E-state index contributed by atoms with van der Waals surface area (Å²) in [5.74, 6) is 0.322. The molecule has 1 nitrogen and oxygen atoms in total. The quantitative estimate of drug-likeness (QED) is 0.607. The van der Waals surface area contributed by atoms with E-state index in [0.717, 1.165) is 6.42 Å². The van der Waals surface area contributed by atoms with Crippen LogP contribution < -0.4 is 0 Å². The fraction of sp³-hybridized carbons (Fsp3) is 0.211. The number of benzene rings is 1. The summed E-state index contributed by atoms with van der Waals surface area (Å²) < 4.78 is 0. The van der Waals surface area contributed by atoms with E-state index in [9.17, 15) is 4.79 Å². The van der Waals surface area contributed by atoms with E-state index in [0.29, 0.717) is 18.6 Å². The standard InChI is InChI=1S/C19H20OS/c1-2-19(20)12-11-17(18-13-14-21-15-18)10-6-9-16-7-4-3-5-8-16/h3-10,13-15H,2,11-12H2,1H3/b9-6+,17-10+. The first kappa shape index (κ1) is 15.5. The van der Waals surface area contributed by atoms with Gasteiger partial charge in [0.25, 0.3) is 0 Å². The summed E-state index contributed by atoms with van der Waals surface area (Å²) in [6.45, 7) is 1.92. The summed E-state index contributed by atoms with van der Waals surface area (Å²) in [4.78, 5) is 11.5. The first-order chi connectivity index (χ1) is 10.3. The van der Waals surface area contributed by atoms with E-state index < -0.39 is 0 Å². The summed E-state index contributed by atoms with van der Waals surface area (Å²) in [6, 6.07) is 12.3. The zero-order valence-corrected chi connectivity index (χ0v) is 13.1. The number of carbonyl (C=O) groups excluding carboxylic acids is 1. The zero-order chi connectivity index (χ0) is 14.9. The van der Waals surface area contributed by atoms with E-state index in [4.69, 9.17) is 0 Å². The van der Waals surface area contributed by atoms with Crippen LogP contribution in [0, 0.1) is 0 Å². The van der Waals surface area contributed by atoms with E-state index in [-0.39, 0.29) is 0 Å². The van der Waals surface area contributed by atoms with Gasteiger partial charge in [0.05, 0.1) is 0 Å². The van der Waals surface area contributed by atoms with Crippen molar-refractivity contribution in [1.29, 1.82) is 0 Å². The summed E-state index contributed by atoms with van der Waals surface area (Å²) in [7, 11) is 0. The van der Waals surface area contributed by atoms with Gasteiger partial charge in [-0.3, -0.25) is 4.79 Å². The smallest absolute Gasteiger partial charge is 0.132 e. The van der Waals surface area contributed by atoms with Crippen LogP contribution in [0.5, 0.6) is 0 Å². The lowest BCUT2D eigenvalue weighted by molar-refractivity contribution is -0.118. The van der Waals surface area contributed by atoms with Gasteiger partial charge in [0.15, 0.2) is 0 Å². The molecular weight excluding hydrogens is 276 g/mol. The second kappa shape index (κ2) is 8.38. The molecule has 0 saturated heterocycles. The summed E-state index contributed by atoms with van der Waals surface area (Å²) in [5.41, 5.74) is 3.63. The molecule has 1 aromatic heterocycles. The highest BCUT2D eigenvalue weighted by molar-refractivity contribution is 7.08. The highest BCUT2D eigenvalue weighted by Gasteiger charge is 2.04. The van der Waals surface area contributed by atoms with Crippen LogP contribution >= 0.6 is 11.3 Å². The number of hydrogen-bond acceptors (Lipinski definition) is 2. The van der Waals surface area contributed by atoms with E-state index in [1.54, 1.807) is 11.3 Å². The molecule has 1 aromatic carbocycles. The third-order valence-electron chi connectivity index (χ3n) is 3.35. The summed E-state index contributed by atoms with van der Waals surface area (Å²) in [6.07, 6.45) is 8.33. The molecule has 0 aliphatic heterocycles. The monoisotopic (exact) mass is 296 g/mol. The predicted molar refractivity (Wildman–Crippen MR) is 92.3 cm³/mol. The van der Waals surface area contributed by atoms with Gasteiger partial charge in [0.1, 0.15) is 5.78 Å². The minimum Gasteiger partial charge on any atom is -0.300 e. The van der Waals surface area contributed by atoms with Gasteiger partial charge in [-0.15, -0.1) is 0 Å². The third-order valence-corrected chi connectivity index (χ3v) is 4.03. The van der Waals surface area contributed by atoms with Crippen LogP contribution in [0.15, 0.2) is 59.3 Å². The van der Waals surface area contributed by atoms with E-state index in [2.05, 4.69) is 47.2 Å². The molecule has 0 aliphatic rings. The van der Waals surface area contributed by atoms with E-state index in [1.807, 2.05) is 25.1 Å². The van der Waals surface area contributed by atoms with Crippen molar-refractivity contribution in [2.75, 3.05) is 0 Å². The van der Waals surface area contributed by atoms with Crippen molar-refractivity contribution < 1.29 is 4.79 Å². The number of allylic oxidation sites excluding steroid dienone is 3. The Kier molecular flexibility index (Phi) is 6.17. The van der Waals surface area contributed by atoms with Crippen molar-refractivity contribution in [2.45, 2.75) is 26.2 Å². The Labute approximate surface area is 130 Å². The maximum absolute atomic E-state index is 11.5. The van der Waals surface area contributed by atoms with Crippen molar-refractivity contribution in [3.8, 4) is 0 Å². The van der Waals surface area contributed by atoms with Crippen molar-refractivity contribution in [1.82, 2.24) is 0 Å². The van der Waals surface area contributed by atoms with Crippen LogP contribution in [0.4, 0.5) is 0 Å². The van der Waals surface area contributed by atoms with E-state index >= 15 is 0 Å². The normalized spacial score (nSPS) is 12.0. The average Bonchev–Trinajstić information content (AvgIpc) is 3.05. The Balaban J connectivity index is 2.09. The fourth-order valence-corrected chi connectivity index (χ4v) is 2.74. The van der Waals surface area contributed by atoms with Crippen molar-refractivity contribution in [2.24, 2.45) is 0 Å². The zero-order valence-electron chi connectivity index (χ0n) is 12.3. The summed E-state index contributed by atoms with van der Waals surface area (Å²) >= 11 is 1.69. The molecule has 21 heavy (non-hydrogen) atoms. The molecule has 2 rings (SSSR count). The van der Waals surface area contributed by atoms with Gasteiger partial charge in [-0.1, -0.05) is 55.5 Å². The Hall–Kier alpha value is -1.93. The molecule has 0 saturated carbocycles. The molecule has 0 fully saturated rings. The largest absolute Gasteiger partial charge is 0.300 e. The number of Topliss-reactive ketones (excluding diaryl/α,β-unsaturated/α-hetero) is 1. The Morgan fingerprint density at radius 1 is 1.14 bits per heavy atom. The molecule has 0 amide bonds. The van der Waals surface area contributed by atoms with Crippen molar-refractivity contribution >= 4 is 28.8 Å². The number of ketones is 1. The van der Waals surface area contributed by atoms with Crippen LogP contribution in [-0.4, -0.2) is 5.78 Å². The molecule has 0 unspecified atom stereocenters. The number of thiophene rings is 1. The minimum absolute atomic E-state index is 0.322. The first-order valence-electron chi connectivity index (χ1n) is 7.26. The van der Waals surface area contributed by atoms with Gasteiger partial charge >= 0.3 is 0 Å². The molecule has 1 heterocycles. The average molecular weight is 296 g/mol. The lowest BCUT2D eigenvalue weighted by Gasteiger charge is -2.03. The fourth-order valence-electron chi connectivity index (χ4n) is 2.06. The molecule has 0 bridgehead atoms. The van der Waals surface area contributed by atoms with Crippen LogP contribution in [-0.2, 0) is 4.79 Å². The van der Waals surface area contributed by atoms with Gasteiger partial charge in [0.2, 0.25) is 0 Å². The molecule has 2 aromatic rings. The third kappa shape index (κ3) is 5.16. The molecule has 0 N–H and O–H groups in total. The summed E-state index contributed by atoms with van der Waals surface area (Å²) in [5, 5.41) is 4.21. The van der Waals surface area contributed by atoms with Gasteiger partial charge in [-0.2, -0.15) is 11.3 Å². The Morgan fingerprint density at radius 2 is 1.95 bits per heavy atom. The van der Waals surface area contributed by atoms with E-state index in [1.165, 1.54) is 16.7 Å². The first-order valence-corrected chi connectivity index (χ1v) is 8.20. The molecule has 108 valence electrons. The lowest BCUT2D eigenvalue weighted by atomic mass is 10.0. The highest BCUT2D eigenvalue weighted by Crippen LogP contribution is 2.23. The topological polar surface area (TPSA) is 17.1 Å². The van der Waals surface area contributed by atoms with Crippen LogP contribution in [0.2, 0.25) is 0 Å². The number of hydrogen-bond donors (Lipinski definition) is 0. The molecule has 0 spiro atoms. The highest BCUT2D eigenvalue weighted by atomic mass is 32.1. The SMILES string of the molecule is CCC(=O)CC/C(=C\C=C\c1ccccc1)c1ccsc1. The van der Waals surface area contributed by atoms with Crippen molar-refractivity contribution in [3.63, 3.8) is 0 Å². The molecular formula is C19H20OS. The predicted octanol–water partition coefficient (Wildman–Crippen LogP) is 5.60. The van der Waals surface area contributed by atoms with Crippen LogP contribution in [0.25, 0.3) is 11.6 Å². The molecule has 0 atom stereocenters. The number of rotatable bonds is 7. The van der Waals surface area contributed by atoms with Gasteiger partial charge < -0.3 is 0 Å². The van der Waals surface area contributed by atoms with Gasteiger partial charge in [0, 0.05) is 12.8 Å². The maximum atomic E-state index is 11.5. The molecule has 0 radical (unpaired) electrons. The Morgan fingerprint density at radius 3 is 2.62 bits per heavy atom. The van der Waals surface area contributed by atoms with Crippen molar-refractivity contribution in [3.05, 3.63) is 70.4 Å².